The first-order valence-corrected chi connectivity index (χ1v) is 7.04. The lowest BCUT2D eigenvalue weighted by atomic mass is 10.1. The second kappa shape index (κ2) is 9.07. The molecule has 2 rings (SSSR count). The Bertz CT molecular complexity index is 577. The lowest BCUT2D eigenvalue weighted by Gasteiger charge is -2.17. The van der Waals surface area contributed by atoms with Crippen LogP contribution in [0.2, 0.25) is 0 Å². The minimum absolute atomic E-state index is 0. The molecule has 0 aromatic carbocycles. The zero-order valence-corrected chi connectivity index (χ0v) is 14.1. The van der Waals surface area contributed by atoms with E-state index in [1.807, 2.05) is 55.3 Å². The van der Waals surface area contributed by atoms with Crippen LogP contribution < -0.4 is 5.43 Å². The van der Waals surface area contributed by atoms with E-state index in [2.05, 4.69) is 20.5 Å². The number of nitrogens with zero attached hydrogens (tertiary/aromatic N) is 4. The van der Waals surface area contributed by atoms with E-state index < -0.39 is 0 Å². The normalized spacial score (nSPS) is 9.36. The number of hydrogen-bond acceptors (Lipinski definition) is 4. The number of nitrogens with one attached hydrogen (secondary N) is 1. The number of aromatic nitrogens is 2. The van der Waals surface area contributed by atoms with Crippen LogP contribution in [0.3, 0.4) is 0 Å². The van der Waals surface area contributed by atoms with Crippen LogP contribution in [0.25, 0.3) is 0 Å². The Morgan fingerprint density at radius 1 is 1.14 bits per heavy atom. The summed E-state index contributed by atoms with van der Waals surface area (Å²) in [5.74, 6) is 0. The first-order chi connectivity index (χ1) is 10.2. The molecule has 1 N–H and O–H groups in total. The van der Waals surface area contributed by atoms with Crippen LogP contribution in [-0.4, -0.2) is 39.3 Å². The Hall–Kier alpha value is -2.05. The van der Waals surface area contributed by atoms with Crippen LogP contribution in [0.4, 0.5) is 0 Å². The Balaban J connectivity index is 0.00000242. The molecule has 0 aliphatic heterocycles. The highest BCUT2D eigenvalue weighted by Crippen LogP contribution is 2.05. The van der Waals surface area contributed by atoms with E-state index >= 15 is 0 Å². The van der Waals surface area contributed by atoms with E-state index in [0.717, 1.165) is 17.9 Å². The van der Waals surface area contributed by atoms with Crippen LogP contribution >= 0.6 is 24.6 Å². The fourth-order valence-corrected chi connectivity index (χ4v) is 1.76. The predicted octanol–water partition coefficient (Wildman–Crippen LogP) is 2.48. The van der Waals surface area contributed by atoms with Crippen molar-refractivity contribution >= 4 is 35.4 Å². The number of hydrogen-bond donors (Lipinski definition) is 1. The third kappa shape index (κ3) is 4.75. The second-order valence-electron chi connectivity index (χ2n) is 4.32. The Morgan fingerprint density at radius 2 is 1.68 bits per heavy atom. The van der Waals surface area contributed by atoms with Crippen LogP contribution in [0, 0.1) is 0 Å². The molecule has 0 bridgehead atoms. The van der Waals surface area contributed by atoms with Gasteiger partial charge in [-0.25, -0.2) is 0 Å². The molecule has 0 aliphatic rings. The molecule has 2 aromatic heterocycles. The number of pyridine rings is 2. The van der Waals surface area contributed by atoms with Crippen molar-refractivity contribution in [1.29, 1.82) is 0 Å². The lowest BCUT2D eigenvalue weighted by Crippen LogP contribution is -2.34. The molecule has 0 atom stereocenters. The van der Waals surface area contributed by atoms with Crippen molar-refractivity contribution in [2.75, 3.05) is 13.6 Å². The fraction of sp³-hybridized carbons (Fsp3) is 0.200. The van der Waals surface area contributed by atoms with Crippen LogP contribution in [-0.2, 0) is 0 Å². The molecule has 0 saturated carbocycles. The number of thiocarbonyl (C=S) groups is 1. The van der Waals surface area contributed by atoms with Crippen molar-refractivity contribution in [1.82, 2.24) is 20.3 Å². The minimum atomic E-state index is 0. The molecular formula is C15H18ClN5S. The van der Waals surface area contributed by atoms with E-state index in [-0.39, 0.29) is 12.4 Å². The van der Waals surface area contributed by atoms with Crippen LogP contribution in [0.1, 0.15) is 18.3 Å². The lowest BCUT2D eigenvalue weighted by molar-refractivity contribution is 0.525. The quantitative estimate of drug-likeness (QED) is 0.528. The van der Waals surface area contributed by atoms with E-state index in [9.17, 15) is 0 Å². The maximum Gasteiger partial charge on any atom is 0.189 e. The van der Waals surface area contributed by atoms with Gasteiger partial charge in [0, 0.05) is 26.0 Å². The van der Waals surface area contributed by atoms with Gasteiger partial charge in [0.1, 0.15) is 5.71 Å². The van der Waals surface area contributed by atoms with Crippen molar-refractivity contribution in [3.8, 4) is 0 Å². The first kappa shape index (κ1) is 18.0. The van der Waals surface area contributed by atoms with Gasteiger partial charge in [-0.15, -0.1) is 12.4 Å². The molecule has 0 spiro atoms. The standard InChI is InChI=1S/C15H17N5S.ClH/c1-3-20(2)15(21)19-18-14(12-8-4-6-10-16-12)13-9-5-7-11-17-13;/h4-11H,3H2,1-2H3,(H,19,21);1H. The van der Waals surface area contributed by atoms with Gasteiger partial charge in [0.05, 0.1) is 11.4 Å². The predicted molar refractivity (Wildman–Crippen MR) is 95.4 cm³/mol. The highest BCUT2D eigenvalue weighted by molar-refractivity contribution is 7.80. The van der Waals surface area contributed by atoms with Gasteiger partial charge in [0.15, 0.2) is 5.11 Å². The zero-order chi connectivity index (χ0) is 15.1. The first-order valence-electron chi connectivity index (χ1n) is 6.64. The molecule has 0 aliphatic carbocycles. The average molecular weight is 336 g/mol. The summed E-state index contributed by atoms with van der Waals surface area (Å²) in [5.41, 5.74) is 5.03. The van der Waals surface area contributed by atoms with Gasteiger partial charge in [0.2, 0.25) is 0 Å². The van der Waals surface area contributed by atoms with Gasteiger partial charge in [-0.1, -0.05) is 12.1 Å². The largest absolute Gasteiger partial charge is 0.351 e. The third-order valence-corrected chi connectivity index (χ3v) is 3.30. The summed E-state index contributed by atoms with van der Waals surface area (Å²) in [4.78, 5) is 10.6. The Morgan fingerprint density at radius 3 is 2.09 bits per heavy atom. The van der Waals surface area contributed by atoms with Gasteiger partial charge in [-0.3, -0.25) is 15.4 Å². The molecule has 2 heterocycles. The van der Waals surface area contributed by atoms with Gasteiger partial charge in [0.25, 0.3) is 0 Å². The highest BCUT2D eigenvalue weighted by atomic mass is 35.5. The zero-order valence-electron chi connectivity index (χ0n) is 12.4. The molecule has 7 heteroatoms. The third-order valence-electron chi connectivity index (χ3n) is 2.90. The molecule has 0 unspecified atom stereocenters. The van der Waals surface area contributed by atoms with Crippen molar-refractivity contribution in [2.45, 2.75) is 6.92 Å². The Labute approximate surface area is 141 Å². The molecule has 0 saturated heterocycles. The number of hydrazone groups is 1. The van der Waals surface area contributed by atoms with E-state index in [1.54, 1.807) is 12.4 Å². The molecular weight excluding hydrogens is 318 g/mol. The highest BCUT2D eigenvalue weighted by Gasteiger charge is 2.10. The number of rotatable bonds is 4. The Kier molecular flexibility index (Phi) is 7.42. The SMILES string of the molecule is CCN(C)C(=S)NN=C(c1ccccn1)c1ccccn1.Cl. The van der Waals surface area contributed by atoms with Crippen molar-refractivity contribution in [3.63, 3.8) is 0 Å². The average Bonchev–Trinajstić information content (AvgIpc) is 2.56. The van der Waals surface area contributed by atoms with Gasteiger partial charge in [-0.2, -0.15) is 5.10 Å². The number of halogens is 1. The molecule has 0 fully saturated rings. The van der Waals surface area contributed by atoms with Crippen molar-refractivity contribution < 1.29 is 0 Å². The summed E-state index contributed by atoms with van der Waals surface area (Å²) in [6.45, 7) is 2.83. The summed E-state index contributed by atoms with van der Waals surface area (Å²) >= 11 is 5.26. The molecule has 22 heavy (non-hydrogen) atoms. The van der Waals surface area contributed by atoms with E-state index in [4.69, 9.17) is 12.2 Å². The maximum atomic E-state index is 5.26. The maximum absolute atomic E-state index is 5.26. The van der Waals surface area contributed by atoms with E-state index in [1.165, 1.54) is 0 Å². The molecule has 116 valence electrons. The summed E-state index contributed by atoms with van der Waals surface area (Å²) in [7, 11) is 1.91. The van der Waals surface area contributed by atoms with Crippen LogP contribution in [0.5, 0.6) is 0 Å². The van der Waals surface area contributed by atoms with Gasteiger partial charge < -0.3 is 4.90 Å². The topological polar surface area (TPSA) is 53.4 Å². The molecule has 0 radical (unpaired) electrons. The second-order valence-corrected chi connectivity index (χ2v) is 4.71. The summed E-state index contributed by atoms with van der Waals surface area (Å²) < 4.78 is 0. The molecule has 0 amide bonds. The summed E-state index contributed by atoms with van der Waals surface area (Å²) in [6.07, 6.45) is 3.45. The van der Waals surface area contributed by atoms with Crippen molar-refractivity contribution in [2.24, 2.45) is 5.10 Å². The van der Waals surface area contributed by atoms with Gasteiger partial charge in [-0.05, 0) is 43.4 Å². The molecule has 2 aromatic rings. The van der Waals surface area contributed by atoms with Crippen LogP contribution in [0.15, 0.2) is 53.9 Å². The van der Waals surface area contributed by atoms with Gasteiger partial charge >= 0.3 is 0 Å². The smallest absolute Gasteiger partial charge is 0.189 e. The molecule has 5 nitrogen and oxygen atoms in total. The minimum Gasteiger partial charge on any atom is -0.351 e. The fourth-order valence-electron chi connectivity index (χ4n) is 1.58. The van der Waals surface area contributed by atoms with Crippen molar-refractivity contribution in [3.05, 3.63) is 60.2 Å². The summed E-state index contributed by atoms with van der Waals surface area (Å²) in [6, 6.07) is 11.3. The van der Waals surface area contributed by atoms with E-state index in [0.29, 0.717) is 10.8 Å². The monoisotopic (exact) mass is 335 g/mol. The summed E-state index contributed by atoms with van der Waals surface area (Å²) in [5, 5.41) is 4.95.